The van der Waals surface area contributed by atoms with Crippen LogP contribution >= 0.6 is 11.3 Å². The molecule has 0 fully saturated rings. The molecular formula is C15H16N2OS. The summed E-state index contributed by atoms with van der Waals surface area (Å²) in [5.74, 6) is 0.866. The highest BCUT2D eigenvalue weighted by Gasteiger charge is 2.14. The Morgan fingerprint density at radius 3 is 2.89 bits per heavy atom. The molecule has 0 spiro atoms. The second-order valence-electron chi connectivity index (χ2n) is 4.67. The minimum Gasteiger partial charge on any atom is -0.360 e. The van der Waals surface area contributed by atoms with Gasteiger partial charge in [0.2, 0.25) is 0 Å². The molecule has 2 heterocycles. The second kappa shape index (κ2) is 5.15. The van der Waals surface area contributed by atoms with Crippen molar-refractivity contribution < 1.29 is 4.52 Å². The fraction of sp³-hybridized carbons (Fsp3) is 0.267. The highest BCUT2D eigenvalue weighted by atomic mass is 32.1. The number of rotatable bonds is 4. The summed E-state index contributed by atoms with van der Waals surface area (Å²) < 4.78 is 6.45. The molecule has 98 valence electrons. The first kappa shape index (κ1) is 12.4. The van der Waals surface area contributed by atoms with Gasteiger partial charge in [-0.15, -0.1) is 11.3 Å². The maximum absolute atomic E-state index is 5.10. The maximum atomic E-state index is 5.10. The molecule has 0 amide bonds. The monoisotopic (exact) mass is 272 g/mol. The molecule has 4 heteroatoms. The van der Waals surface area contributed by atoms with E-state index in [4.69, 9.17) is 4.52 Å². The first-order chi connectivity index (χ1) is 9.25. The van der Waals surface area contributed by atoms with E-state index in [2.05, 4.69) is 48.6 Å². The number of benzene rings is 1. The third-order valence-corrected chi connectivity index (χ3v) is 4.80. The van der Waals surface area contributed by atoms with Gasteiger partial charge in [0, 0.05) is 21.7 Å². The number of hydrogen-bond acceptors (Lipinski definition) is 4. The zero-order valence-electron chi connectivity index (χ0n) is 11.0. The van der Waals surface area contributed by atoms with E-state index >= 15 is 0 Å². The number of nitrogens with zero attached hydrogens (tertiary/aromatic N) is 1. The second-order valence-corrected chi connectivity index (χ2v) is 5.75. The molecule has 3 rings (SSSR count). The number of aromatic nitrogens is 1. The van der Waals surface area contributed by atoms with Gasteiger partial charge in [-0.3, -0.25) is 0 Å². The summed E-state index contributed by atoms with van der Waals surface area (Å²) >= 11 is 1.86. The van der Waals surface area contributed by atoms with E-state index in [1.54, 1.807) is 6.20 Å². The predicted octanol–water partition coefficient (Wildman–Crippen LogP) is 4.05. The van der Waals surface area contributed by atoms with Gasteiger partial charge >= 0.3 is 0 Å². The summed E-state index contributed by atoms with van der Waals surface area (Å²) in [4.78, 5) is 1.39. The van der Waals surface area contributed by atoms with Crippen LogP contribution in [0.25, 0.3) is 10.1 Å². The number of aryl methyl sites for hydroxylation is 1. The van der Waals surface area contributed by atoms with E-state index in [9.17, 15) is 0 Å². The highest BCUT2D eigenvalue weighted by molar-refractivity contribution is 7.19. The van der Waals surface area contributed by atoms with E-state index < -0.39 is 0 Å². The molecule has 2 aromatic heterocycles. The van der Waals surface area contributed by atoms with Crippen molar-refractivity contribution >= 4 is 21.4 Å². The van der Waals surface area contributed by atoms with Gasteiger partial charge in [-0.25, -0.2) is 0 Å². The molecule has 0 aliphatic carbocycles. The van der Waals surface area contributed by atoms with Gasteiger partial charge in [-0.2, -0.15) is 0 Å². The average molecular weight is 272 g/mol. The molecule has 0 aliphatic rings. The largest absolute Gasteiger partial charge is 0.360 e. The van der Waals surface area contributed by atoms with Crippen LogP contribution in [0, 0.1) is 6.92 Å². The van der Waals surface area contributed by atoms with Crippen molar-refractivity contribution in [3.8, 4) is 0 Å². The van der Waals surface area contributed by atoms with Crippen LogP contribution in [0.5, 0.6) is 0 Å². The Bertz CT molecular complexity index is 673. The summed E-state index contributed by atoms with van der Waals surface area (Å²) in [6, 6.07) is 10.8. The Balaban J connectivity index is 1.81. The third-order valence-electron chi connectivity index (χ3n) is 3.35. The summed E-state index contributed by atoms with van der Waals surface area (Å²) in [5.41, 5.74) is 1.37. The molecule has 0 saturated carbocycles. The number of fused-ring (bicyclic) bond motifs is 1. The number of thiophene rings is 1. The normalized spacial score (nSPS) is 12.9. The molecule has 0 aliphatic heterocycles. The minimum atomic E-state index is 0.308. The molecule has 0 radical (unpaired) electrons. The Kier molecular flexibility index (Phi) is 3.36. The van der Waals surface area contributed by atoms with Gasteiger partial charge in [-0.1, -0.05) is 23.4 Å². The van der Waals surface area contributed by atoms with Crippen LogP contribution in [-0.4, -0.2) is 5.16 Å². The summed E-state index contributed by atoms with van der Waals surface area (Å²) in [6.45, 7) is 5.09. The first-order valence-electron chi connectivity index (χ1n) is 6.36. The van der Waals surface area contributed by atoms with Crippen LogP contribution in [0.15, 0.2) is 41.1 Å². The molecular weight excluding hydrogens is 256 g/mol. The third kappa shape index (κ3) is 2.41. The predicted molar refractivity (Wildman–Crippen MR) is 78.3 cm³/mol. The van der Waals surface area contributed by atoms with E-state index in [-0.39, 0.29) is 0 Å². The number of nitrogens with one attached hydrogen (secondary N) is 1. The molecule has 0 bridgehead atoms. The van der Waals surface area contributed by atoms with Crippen LogP contribution in [0.1, 0.15) is 29.2 Å². The van der Waals surface area contributed by atoms with Crippen molar-refractivity contribution in [1.29, 1.82) is 0 Å². The lowest BCUT2D eigenvalue weighted by atomic mass is 10.1. The highest BCUT2D eigenvalue weighted by Crippen LogP contribution is 2.34. The standard InChI is InChI=1S/C15H16N2OS/c1-10-13-5-3-4-6-14(13)19-15(10)11(2)16-9-12-7-8-17-18-12/h3-8,11,16H,9H2,1-2H3. The van der Waals surface area contributed by atoms with Crippen molar-refractivity contribution in [3.05, 3.63) is 52.7 Å². The topological polar surface area (TPSA) is 38.1 Å². The fourth-order valence-corrected chi connectivity index (χ4v) is 3.52. The lowest BCUT2D eigenvalue weighted by Gasteiger charge is -2.11. The zero-order valence-corrected chi connectivity index (χ0v) is 11.8. The summed E-state index contributed by atoms with van der Waals surface area (Å²) in [5, 5.41) is 8.55. The fourth-order valence-electron chi connectivity index (χ4n) is 2.29. The van der Waals surface area contributed by atoms with Crippen LogP contribution in [0.2, 0.25) is 0 Å². The van der Waals surface area contributed by atoms with E-state index in [0.29, 0.717) is 12.6 Å². The minimum absolute atomic E-state index is 0.308. The molecule has 1 atom stereocenters. The van der Waals surface area contributed by atoms with Crippen molar-refractivity contribution in [2.24, 2.45) is 0 Å². The molecule has 3 aromatic rings. The molecule has 1 N–H and O–H groups in total. The van der Waals surface area contributed by atoms with Gasteiger partial charge in [0.25, 0.3) is 0 Å². The van der Waals surface area contributed by atoms with Gasteiger partial charge in [-0.05, 0) is 30.9 Å². The van der Waals surface area contributed by atoms with Gasteiger partial charge in [0.1, 0.15) is 5.76 Å². The lowest BCUT2D eigenvalue weighted by Crippen LogP contribution is -2.17. The molecule has 19 heavy (non-hydrogen) atoms. The Morgan fingerprint density at radius 2 is 2.16 bits per heavy atom. The van der Waals surface area contributed by atoms with Crippen molar-refractivity contribution in [1.82, 2.24) is 10.5 Å². The van der Waals surface area contributed by atoms with Gasteiger partial charge in [0.15, 0.2) is 0 Å². The van der Waals surface area contributed by atoms with Crippen molar-refractivity contribution in [2.45, 2.75) is 26.4 Å². The molecule has 1 aromatic carbocycles. The van der Waals surface area contributed by atoms with Crippen LogP contribution in [0.4, 0.5) is 0 Å². The van der Waals surface area contributed by atoms with Crippen LogP contribution in [0.3, 0.4) is 0 Å². The SMILES string of the molecule is Cc1c(C(C)NCc2ccno2)sc2ccccc12. The lowest BCUT2D eigenvalue weighted by molar-refractivity contribution is 0.366. The van der Waals surface area contributed by atoms with Gasteiger partial charge in [0.05, 0.1) is 12.7 Å². The first-order valence-corrected chi connectivity index (χ1v) is 7.18. The van der Waals surface area contributed by atoms with E-state index in [1.165, 1.54) is 20.5 Å². The summed E-state index contributed by atoms with van der Waals surface area (Å²) in [6.07, 6.45) is 1.67. The van der Waals surface area contributed by atoms with Crippen molar-refractivity contribution in [3.63, 3.8) is 0 Å². The maximum Gasteiger partial charge on any atom is 0.150 e. The molecule has 1 unspecified atom stereocenters. The smallest absolute Gasteiger partial charge is 0.150 e. The molecule has 3 nitrogen and oxygen atoms in total. The van der Waals surface area contributed by atoms with Crippen LogP contribution < -0.4 is 5.32 Å². The Hall–Kier alpha value is -1.65. The quantitative estimate of drug-likeness (QED) is 0.778. The Morgan fingerprint density at radius 1 is 1.32 bits per heavy atom. The molecule has 0 saturated heterocycles. The van der Waals surface area contributed by atoms with Crippen molar-refractivity contribution in [2.75, 3.05) is 0 Å². The van der Waals surface area contributed by atoms with Crippen LogP contribution in [-0.2, 0) is 6.54 Å². The van der Waals surface area contributed by atoms with Gasteiger partial charge < -0.3 is 9.84 Å². The van der Waals surface area contributed by atoms with E-state index in [1.807, 2.05) is 17.4 Å². The number of hydrogen-bond donors (Lipinski definition) is 1. The average Bonchev–Trinajstić information content (AvgIpc) is 3.05. The summed E-state index contributed by atoms with van der Waals surface area (Å²) in [7, 11) is 0. The zero-order chi connectivity index (χ0) is 13.2. The van der Waals surface area contributed by atoms with E-state index in [0.717, 1.165) is 5.76 Å². The Labute approximate surface area is 116 Å².